The molecule has 2 fully saturated rings. The molecule has 0 aliphatic carbocycles. The molecule has 2 aliphatic heterocycles. The van der Waals surface area contributed by atoms with Crippen LogP contribution in [0.4, 0.5) is 11.4 Å². The van der Waals surface area contributed by atoms with Crippen LogP contribution in [0.25, 0.3) is 22.3 Å². The number of phenols is 2. The van der Waals surface area contributed by atoms with Crippen molar-refractivity contribution in [3.05, 3.63) is 76.1 Å². The SMILES string of the molecule is COc1ccc(-c2cc(=NC(=S)Nc3cccc([N+](=O)[O-])c3)c3c(O)cc(O[C@@H]4O[C@H](CO)[C@@H](O)[C@H](O)[C@H]4O[C@@H]4O[C@@H](C)[C@H](O)[C@@H](O)[C@H]4O)cc3o2)cc1O. The van der Waals surface area contributed by atoms with E-state index in [0.717, 1.165) is 6.07 Å². The average Bonchev–Trinajstić information content (AvgIpc) is 3.15. The second kappa shape index (κ2) is 16.4. The third-order valence-corrected chi connectivity index (χ3v) is 9.16. The summed E-state index contributed by atoms with van der Waals surface area (Å²) in [7, 11) is 1.37. The van der Waals surface area contributed by atoms with Crippen molar-refractivity contribution in [1.29, 1.82) is 0 Å². The highest BCUT2D eigenvalue weighted by Gasteiger charge is 2.51. The fourth-order valence-corrected chi connectivity index (χ4v) is 6.29. The van der Waals surface area contributed by atoms with Crippen molar-refractivity contribution in [2.75, 3.05) is 19.0 Å². The number of anilines is 1. The minimum absolute atomic E-state index is 0.0124. The van der Waals surface area contributed by atoms with E-state index >= 15 is 0 Å². The zero-order valence-corrected chi connectivity index (χ0v) is 29.7. The van der Waals surface area contributed by atoms with Crippen LogP contribution in [-0.2, 0) is 14.2 Å². The largest absolute Gasteiger partial charge is 0.507 e. The van der Waals surface area contributed by atoms with E-state index in [4.69, 9.17) is 40.3 Å². The predicted octanol–water partition coefficient (Wildman–Crippen LogP) is 0.756. The van der Waals surface area contributed by atoms with Crippen LogP contribution in [0.5, 0.6) is 23.0 Å². The molecule has 1 aromatic heterocycles. The molecule has 0 unspecified atom stereocenters. The number of nitro benzene ring substituents is 1. The molecular weight excluding hydrogens is 750 g/mol. The van der Waals surface area contributed by atoms with Crippen molar-refractivity contribution in [1.82, 2.24) is 0 Å². The Balaban J connectivity index is 1.40. The molecule has 20 heteroatoms. The number of non-ortho nitro benzene ring substituents is 1. The van der Waals surface area contributed by atoms with Gasteiger partial charge in [0.15, 0.2) is 29.0 Å². The van der Waals surface area contributed by atoms with Gasteiger partial charge >= 0.3 is 0 Å². The molecule has 294 valence electrons. The van der Waals surface area contributed by atoms with Gasteiger partial charge in [-0.25, -0.2) is 4.99 Å². The van der Waals surface area contributed by atoms with E-state index in [2.05, 4.69) is 10.3 Å². The van der Waals surface area contributed by atoms with Crippen molar-refractivity contribution in [3.8, 4) is 34.3 Å². The minimum Gasteiger partial charge on any atom is -0.507 e. The van der Waals surface area contributed by atoms with Gasteiger partial charge < -0.3 is 74.3 Å². The number of aromatic hydroxyl groups is 2. The fourth-order valence-electron chi connectivity index (χ4n) is 6.07. The van der Waals surface area contributed by atoms with Gasteiger partial charge in [0.25, 0.3) is 5.69 Å². The predicted molar refractivity (Wildman–Crippen MR) is 192 cm³/mol. The van der Waals surface area contributed by atoms with Crippen LogP contribution in [0.15, 0.2) is 70.1 Å². The number of aliphatic hydroxyl groups is 6. The molecule has 55 heavy (non-hydrogen) atoms. The summed E-state index contributed by atoms with van der Waals surface area (Å²) in [5.74, 6) is -0.582. The summed E-state index contributed by atoms with van der Waals surface area (Å²) in [6.45, 7) is 0.648. The summed E-state index contributed by atoms with van der Waals surface area (Å²) in [5.41, 5.74) is 0.333. The quantitative estimate of drug-likeness (QED) is 0.0643. The van der Waals surface area contributed by atoms with Gasteiger partial charge in [0.1, 0.15) is 59.5 Å². The summed E-state index contributed by atoms with van der Waals surface area (Å²) in [6.07, 6.45) is -15.9. The van der Waals surface area contributed by atoms with Crippen LogP contribution in [-0.4, -0.2) is 126 Å². The maximum atomic E-state index is 11.4. The maximum absolute atomic E-state index is 11.4. The Bertz CT molecular complexity index is 2130. The number of rotatable bonds is 9. The van der Waals surface area contributed by atoms with Gasteiger partial charge in [0.2, 0.25) is 6.29 Å². The minimum atomic E-state index is -1.82. The first-order valence-corrected chi connectivity index (χ1v) is 17.0. The molecule has 0 amide bonds. The number of nitro groups is 1. The van der Waals surface area contributed by atoms with Crippen LogP contribution in [0.2, 0.25) is 0 Å². The second-order valence-corrected chi connectivity index (χ2v) is 13.0. The second-order valence-electron chi connectivity index (χ2n) is 12.7. The maximum Gasteiger partial charge on any atom is 0.271 e. The topological polar surface area (TPSA) is 289 Å². The zero-order valence-electron chi connectivity index (χ0n) is 28.9. The van der Waals surface area contributed by atoms with Gasteiger partial charge in [-0.1, -0.05) is 6.07 Å². The first-order chi connectivity index (χ1) is 26.2. The highest BCUT2D eigenvalue weighted by Crippen LogP contribution is 2.37. The van der Waals surface area contributed by atoms with Gasteiger partial charge in [-0.05, 0) is 43.4 Å². The molecule has 3 aromatic carbocycles. The molecule has 0 bridgehead atoms. The first kappa shape index (κ1) is 39.7. The lowest BCUT2D eigenvalue weighted by Gasteiger charge is -2.45. The molecule has 2 saturated heterocycles. The van der Waals surface area contributed by atoms with E-state index in [-0.39, 0.29) is 55.8 Å². The Morgan fingerprint density at radius 1 is 0.927 bits per heavy atom. The normalized spacial score (nSPS) is 28.5. The number of hydrogen-bond donors (Lipinski definition) is 9. The highest BCUT2D eigenvalue weighted by molar-refractivity contribution is 7.80. The number of ether oxygens (including phenoxy) is 5. The van der Waals surface area contributed by atoms with Crippen molar-refractivity contribution in [2.45, 2.75) is 68.3 Å². The molecule has 6 rings (SSSR count). The van der Waals surface area contributed by atoms with E-state index in [9.17, 15) is 51.0 Å². The van der Waals surface area contributed by atoms with Gasteiger partial charge in [-0.3, -0.25) is 10.1 Å². The number of phenolic OH excluding ortho intramolecular Hbond substituents is 2. The summed E-state index contributed by atoms with van der Waals surface area (Å²) >= 11 is 5.44. The number of thiocarbonyl (C=S) groups is 1. The Morgan fingerprint density at radius 2 is 1.69 bits per heavy atom. The molecule has 10 atom stereocenters. The summed E-state index contributed by atoms with van der Waals surface area (Å²) in [4.78, 5) is 15.2. The Morgan fingerprint density at radius 3 is 2.38 bits per heavy atom. The molecule has 0 spiro atoms. The number of fused-ring (bicyclic) bond motifs is 1. The number of methoxy groups -OCH3 is 1. The van der Waals surface area contributed by atoms with Gasteiger partial charge in [-0.15, -0.1) is 0 Å². The molecular formula is C35H37N3O16S. The number of hydrogen-bond acceptors (Lipinski definition) is 17. The van der Waals surface area contributed by atoms with E-state index < -0.39 is 78.7 Å². The molecule has 4 aromatic rings. The smallest absolute Gasteiger partial charge is 0.271 e. The standard InChI is InChI=1S/C35H37N3O16S/c1-14-27(42)29(44)31(46)33(50-14)54-32-30(45)28(43)25(13-39)53-34(32)51-18-10-21(41)26-19(37-35(55)36-16-4-3-5-17(9-16)38(47)48)12-23(52-24(26)11-18)15-6-7-22(49-2)20(40)8-15/h3-12,14,25,27-34,39-46H,13H2,1-2H3,(H,36,55)/t14-,25+,27-,28+,29+,30-,31+,32+,33-,34+/m0/s1. The van der Waals surface area contributed by atoms with E-state index in [1.807, 2.05) is 0 Å². The summed E-state index contributed by atoms with van der Waals surface area (Å²) in [6, 6.07) is 13.8. The van der Waals surface area contributed by atoms with Crippen molar-refractivity contribution >= 4 is 39.7 Å². The van der Waals surface area contributed by atoms with Crippen LogP contribution >= 0.6 is 12.2 Å². The molecule has 0 saturated carbocycles. The van der Waals surface area contributed by atoms with Crippen molar-refractivity contribution < 1.29 is 73.9 Å². The van der Waals surface area contributed by atoms with Crippen LogP contribution in [0.3, 0.4) is 0 Å². The van der Waals surface area contributed by atoms with E-state index in [1.54, 1.807) is 6.07 Å². The lowest BCUT2D eigenvalue weighted by atomic mass is 9.97. The van der Waals surface area contributed by atoms with E-state index in [0.29, 0.717) is 5.56 Å². The zero-order chi connectivity index (χ0) is 39.7. The van der Waals surface area contributed by atoms with Crippen molar-refractivity contribution in [2.24, 2.45) is 4.99 Å². The Hall–Kier alpha value is -5.00. The molecule has 19 nitrogen and oxygen atoms in total. The first-order valence-electron chi connectivity index (χ1n) is 16.6. The average molecular weight is 788 g/mol. The van der Waals surface area contributed by atoms with E-state index in [1.165, 1.54) is 62.6 Å². The van der Waals surface area contributed by atoms with Crippen LogP contribution in [0, 0.1) is 10.1 Å². The Kier molecular flexibility index (Phi) is 11.8. The summed E-state index contributed by atoms with van der Waals surface area (Å²) < 4.78 is 34.3. The van der Waals surface area contributed by atoms with Gasteiger partial charge in [0, 0.05) is 41.6 Å². The van der Waals surface area contributed by atoms with Crippen molar-refractivity contribution in [3.63, 3.8) is 0 Å². The lowest BCUT2D eigenvalue weighted by molar-refractivity contribution is -0.384. The number of aliphatic hydroxyl groups excluding tert-OH is 6. The van der Waals surface area contributed by atoms with Gasteiger partial charge in [0.05, 0.1) is 35.5 Å². The molecule has 9 N–H and O–H groups in total. The van der Waals surface area contributed by atoms with Crippen LogP contribution in [0.1, 0.15) is 6.92 Å². The third-order valence-electron chi connectivity index (χ3n) is 8.97. The third kappa shape index (κ3) is 8.33. The highest BCUT2D eigenvalue weighted by atomic mass is 32.1. The number of nitrogens with one attached hydrogen (secondary N) is 1. The van der Waals surface area contributed by atoms with Crippen LogP contribution < -0.4 is 20.1 Å². The molecule has 0 radical (unpaired) electrons. The monoisotopic (exact) mass is 787 g/mol. The number of nitrogens with zero attached hydrogens (tertiary/aromatic N) is 2. The summed E-state index contributed by atoms with van der Waals surface area (Å²) in [5, 5.41) is 98.4. The fraction of sp³-hybridized carbons (Fsp3) is 0.371. The number of benzene rings is 3. The lowest BCUT2D eigenvalue weighted by Crippen LogP contribution is -2.64. The molecule has 2 aliphatic rings. The molecule has 3 heterocycles. The van der Waals surface area contributed by atoms with Gasteiger partial charge in [-0.2, -0.15) is 0 Å². The Labute approximate surface area is 316 Å².